The molecule has 1 fully saturated rings. The summed E-state index contributed by atoms with van der Waals surface area (Å²) in [5.74, 6) is -0.0902. The van der Waals surface area contributed by atoms with Gasteiger partial charge in [0.25, 0.3) is 0 Å². The second kappa shape index (κ2) is 10.1. The monoisotopic (exact) mass is 438 g/mol. The fraction of sp³-hybridized carbons (Fsp3) is 0.520. The fourth-order valence-electron chi connectivity index (χ4n) is 4.32. The number of amides is 1. The number of anilines is 2. The Balaban J connectivity index is 1.97. The summed E-state index contributed by atoms with van der Waals surface area (Å²) < 4.78 is 0. The van der Waals surface area contributed by atoms with Crippen molar-refractivity contribution in [3.05, 3.63) is 48.0 Å². The van der Waals surface area contributed by atoms with Crippen molar-refractivity contribution in [3.8, 4) is 0 Å². The lowest BCUT2D eigenvalue weighted by Gasteiger charge is -2.39. The van der Waals surface area contributed by atoms with Crippen LogP contribution in [0.5, 0.6) is 0 Å². The van der Waals surface area contributed by atoms with Crippen LogP contribution in [0.2, 0.25) is 0 Å². The Kier molecular flexibility index (Phi) is 7.48. The highest BCUT2D eigenvalue weighted by Gasteiger charge is 2.46. The molecule has 1 aliphatic rings. The predicted octanol–water partition coefficient (Wildman–Crippen LogP) is 4.28. The minimum Gasteiger partial charge on any atom is -0.481 e. The molecule has 1 aliphatic carbocycles. The predicted molar refractivity (Wildman–Crippen MR) is 126 cm³/mol. The molecule has 0 atom stereocenters. The zero-order valence-corrected chi connectivity index (χ0v) is 19.5. The molecule has 0 saturated heterocycles. The van der Waals surface area contributed by atoms with Crippen molar-refractivity contribution in [1.82, 2.24) is 9.97 Å². The topological polar surface area (TPSA) is 95.4 Å². The average Bonchev–Trinajstić information content (AvgIpc) is 2.66. The van der Waals surface area contributed by atoms with E-state index in [1.165, 1.54) is 6.33 Å². The van der Waals surface area contributed by atoms with Crippen LogP contribution in [0.25, 0.3) is 0 Å². The largest absolute Gasteiger partial charge is 0.481 e. The van der Waals surface area contributed by atoms with Gasteiger partial charge in [-0.15, -0.1) is 0 Å². The molecule has 1 aromatic carbocycles. The number of nitrogens with zero attached hydrogens (tertiary/aromatic N) is 3. The smallest absolute Gasteiger partial charge is 0.314 e. The number of carbonyl (C=O) groups excluding carboxylic acids is 1. The first-order chi connectivity index (χ1) is 15.2. The molecule has 2 aromatic rings. The van der Waals surface area contributed by atoms with E-state index in [4.69, 9.17) is 0 Å². The molecular weight excluding hydrogens is 404 g/mol. The minimum absolute atomic E-state index is 0.156. The summed E-state index contributed by atoms with van der Waals surface area (Å²) in [7, 11) is 0. The molecular formula is C25H34N4O3. The first-order valence-corrected chi connectivity index (χ1v) is 11.4. The molecule has 0 radical (unpaired) electrons. The van der Waals surface area contributed by atoms with E-state index >= 15 is 0 Å². The van der Waals surface area contributed by atoms with Crippen LogP contribution in [0.1, 0.15) is 58.1 Å². The molecule has 1 aromatic heterocycles. The molecule has 32 heavy (non-hydrogen) atoms. The van der Waals surface area contributed by atoms with Crippen LogP contribution in [0.15, 0.2) is 36.9 Å². The Morgan fingerprint density at radius 2 is 1.72 bits per heavy atom. The van der Waals surface area contributed by atoms with Gasteiger partial charge in [-0.2, -0.15) is 0 Å². The van der Waals surface area contributed by atoms with Crippen LogP contribution < -0.4 is 10.2 Å². The van der Waals surface area contributed by atoms with E-state index in [0.29, 0.717) is 30.4 Å². The van der Waals surface area contributed by atoms with Crippen molar-refractivity contribution in [1.29, 1.82) is 0 Å². The zero-order valence-electron chi connectivity index (χ0n) is 19.5. The second-order valence-corrected chi connectivity index (χ2v) is 9.64. The van der Waals surface area contributed by atoms with Crippen LogP contribution in [-0.4, -0.2) is 40.0 Å². The van der Waals surface area contributed by atoms with Crippen LogP contribution in [0.3, 0.4) is 0 Å². The van der Waals surface area contributed by atoms with Gasteiger partial charge in [0.05, 0.1) is 23.2 Å². The molecule has 0 unspecified atom stereocenters. The van der Waals surface area contributed by atoms with Gasteiger partial charge in [0.1, 0.15) is 6.33 Å². The molecule has 1 heterocycles. The van der Waals surface area contributed by atoms with E-state index in [0.717, 1.165) is 36.3 Å². The number of rotatable bonds is 10. The Labute approximate surface area is 190 Å². The van der Waals surface area contributed by atoms with Gasteiger partial charge in [-0.25, -0.2) is 9.97 Å². The quantitative estimate of drug-likeness (QED) is 0.575. The van der Waals surface area contributed by atoms with E-state index in [2.05, 4.69) is 47.9 Å². The summed E-state index contributed by atoms with van der Waals surface area (Å²) in [6, 6.07) is 5.77. The number of benzene rings is 1. The highest BCUT2D eigenvalue weighted by molar-refractivity contribution is 5.96. The average molecular weight is 439 g/mol. The number of hydrogen-bond donors (Lipinski definition) is 2. The standard InChI is InChI=1S/C25H34N4O3/c1-17(2)14-29(15-18(3)4)22-7-6-20(25(24(31)32)8-5-9-25)11-21(22)28-23(30)10-19-12-26-16-27-13-19/h6-7,11-13,16-18H,5,8-10,14-15H2,1-4H3,(H,28,30)(H,31,32). The third-order valence-corrected chi connectivity index (χ3v) is 5.93. The van der Waals surface area contributed by atoms with Gasteiger partial charge in [0.15, 0.2) is 0 Å². The molecule has 1 saturated carbocycles. The maximum Gasteiger partial charge on any atom is 0.314 e. The summed E-state index contributed by atoms with van der Waals surface area (Å²) in [6.45, 7) is 10.4. The zero-order chi connectivity index (χ0) is 23.3. The lowest BCUT2D eigenvalue weighted by molar-refractivity contribution is -0.147. The number of hydrogen-bond acceptors (Lipinski definition) is 5. The Hall–Kier alpha value is -2.96. The molecule has 7 heteroatoms. The van der Waals surface area contributed by atoms with E-state index in [9.17, 15) is 14.7 Å². The first-order valence-electron chi connectivity index (χ1n) is 11.4. The van der Waals surface area contributed by atoms with Crippen molar-refractivity contribution < 1.29 is 14.7 Å². The highest BCUT2D eigenvalue weighted by Crippen LogP contribution is 2.46. The van der Waals surface area contributed by atoms with E-state index < -0.39 is 11.4 Å². The number of aliphatic carboxylic acids is 1. The third kappa shape index (κ3) is 5.44. The first kappa shape index (κ1) is 23.7. The van der Waals surface area contributed by atoms with Crippen molar-refractivity contribution in [2.24, 2.45) is 11.8 Å². The molecule has 0 aliphatic heterocycles. The summed E-state index contributed by atoms with van der Waals surface area (Å²) in [6.07, 6.45) is 6.99. The van der Waals surface area contributed by atoms with Crippen molar-refractivity contribution in [3.63, 3.8) is 0 Å². The third-order valence-electron chi connectivity index (χ3n) is 5.93. The maximum atomic E-state index is 12.9. The van der Waals surface area contributed by atoms with Crippen molar-refractivity contribution in [2.75, 3.05) is 23.3 Å². The SMILES string of the molecule is CC(C)CN(CC(C)C)c1ccc(C2(C(=O)O)CCC2)cc1NC(=O)Cc1cncnc1. The Morgan fingerprint density at radius 3 is 2.22 bits per heavy atom. The second-order valence-electron chi connectivity index (χ2n) is 9.64. The molecule has 7 nitrogen and oxygen atoms in total. The fourth-order valence-corrected chi connectivity index (χ4v) is 4.32. The summed E-state index contributed by atoms with van der Waals surface area (Å²) in [4.78, 5) is 35.2. The molecule has 172 valence electrons. The van der Waals surface area contributed by atoms with Crippen LogP contribution in [-0.2, 0) is 21.4 Å². The molecule has 2 N–H and O–H groups in total. The number of aromatic nitrogens is 2. The number of carbonyl (C=O) groups is 2. The minimum atomic E-state index is -0.855. The Bertz CT molecular complexity index is 929. The Morgan fingerprint density at radius 1 is 1.09 bits per heavy atom. The number of nitrogens with one attached hydrogen (secondary N) is 1. The number of carboxylic acid groups (broad SMARTS) is 1. The van der Waals surface area contributed by atoms with Gasteiger partial charge >= 0.3 is 5.97 Å². The van der Waals surface area contributed by atoms with Gasteiger partial charge in [-0.05, 0) is 47.9 Å². The normalized spacial score (nSPS) is 14.8. The van der Waals surface area contributed by atoms with Crippen molar-refractivity contribution in [2.45, 2.75) is 58.8 Å². The maximum absolute atomic E-state index is 12.9. The van der Waals surface area contributed by atoms with Crippen molar-refractivity contribution >= 4 is 23.3 Å². The summed E-state index contributed by atoms with van der Waals surface area (Å²) in [5.41, 5.74) is 2.22. The lowest BCUT2D eigenvalue weighted by atomic mass is 9.64. The molecule has 3 rings (SSSR count). The van der Waals surface area contributed by atoms with Gasteiger partial charge in [0, 0.05) is 25.5 Å². The van der Waals surface area contributed by atoms with E-state index in [1.807, 2.05) is 18.2 Å². The molecule has 0 bridgehead atoms. The highest BCUT2D eigenvalue weighted by atomic mass is 16.4. The summed E-state index contributed by atoms with van der Waals surface area (Å²) >= 11 is 0. The van der Waals surface area contributed by atoms with Gasteiger partial charge < -0.3 is 15.3 Å². The van der Waals surface area contributed by atoms with Gasteiger partial charge in [-0.3, -0.25) is 9.59 Å². The summed E-state index contributed by atoms with van der Waals surface area (Å²) in [5, 5.41) is 13.0. The lowest BCUT2D eigenvalue weighted by Crippen LogP contribution is -2.42. The molecule has 0 spiro atoms. The van der Waals surface area contributed by atoms with Gasteiger partial charge in [-0.1, -0.05) is 40.2 Å². The van der Waals surface area contributed by atoms with Crippen LogP contribution in [0, 0.1) is 11.8 Å². The van der Waals surface area contributed by atoms with Crippen LogP contribution >= 0.6 is 0 Å². The molecule has 1 amide bonds. The van der Waals surface area contributed by atoms with Crippen LogP contribution in [0.4, 0.5) is 11.4 Å². The van der Waals surface area contributed by atoms with E-state index in [1.54, 1.807) is 12.4 Å². The van der Waals surface area contributed by atoms with E-state index in [-0.39, 0.29) is 12.3 Å². The number of carboxylic acids is 1. The van der Waals surface area contributed by atoms with Gasteiger partial charge in [0.2, 0.25) is 5.91 Å².